The second-order valence-electron chi connectivity index (χ2n) is 6.42. The number of fused-ring (bicyclic) bond motifs is 1. The molecule has 0 bridgehead atoms. The molecular weight excluding hydrogens is 334 g/mol. The van der Waals surface area contributed by atoms with Crippen LogP contribution in [0, 0.1) is 5.92 Å². The summed E-state index contributed by atoms with van der Waals surface area (Å²) in [7, 11) is 0. The number of aromatic nitrogens is 1. The van der Waals surface area contributed by atoms with Gasteiger partial charge in [0.05, 0.1) is 13.2 Å². The van der Waals surface area contributed by atoms with Gasteiger partial charge in [-0.1, -0.05) is 12.1 Å². The van der Waals surface area contributed by atoms with Crippen molar-refractivity contribution in [2.45, 2.75) is 13.3 Å². The van der Waals surface area contributed by atoms with E-state index in [0.29, 0.717) is 36.5 Å². The van der Waals surface area contributed by atoms with Crippen molar-refractivity contribution in [3.05, 3.63) is 46.2 Å². The summed E-state index contributed by atoms with van der Waals surface area (Å²) in [5.41, 5.74) is 0.324. The van der Waals surface area contributed by atoms with Crippen LogP contribution in [0.5, 0.6) is 0 Å². The van der Waals surface area contributed by atoms with E-state index in [4.69, 9.17) is 4.74 Å². The van der Waals surface area contributed by atoms with Crippen LogP contribution in [0.4, 0.5) is 0 Å². The van der Waals surface area contributed by atoms with Gasteiger partial charge in [0.1, 0.15) is 5.56 Å². The number of amides is 2. The van der Waals surface area contributed by atoms with Crippen LogP contribution < -0.4 is 10.7 Å². The molecule has 1 atom stereocenters. The average Bonchev–Trinajstić information content (AvgIpc) is 3.17. The largest absolute Gasteiger partial charge is 0.381 e. The minimum atomic E-state index is -0.550. The van der Waals surface area contributed by atoms with Crippen LogP contribution in [0.2, 0.25) is 0 Å². The first-order chi connectivity index (χ1) is 12.6. The van der Waals surface area contributed by atoms with E-state index >= 15 is 0 Å². The highest BCUT2D eigenvalue weighted by Crippen LogP contribution is 2.14. The highest BCUT2D eigenvalue weighted by atomic mass is 16.5. The summed E-state index contributed by atoms with van der Waals surface area (Å²) >= 11 is 0. The molecule has 1 aromatic carbocycles. The first-order valence-electron chi connectivity index (χ1n) is 8.84. The highest BCUT2D eigenvalue weighted by molar-refractivity contribution is 5.98. The summed E-state index contributed by atoms with van der Waals surface area (Å²) in [6, 6.07) is 6.99. The molecule has 1 fully saturated rings. The normalized spacial score (nSPS) is 16.6. The van der Waals surface area contributed by atoms with Gasteiger partial charge >= 0.3 is 0 Å². The van der Waals surface area contributed by atoms with Gasteiger partial charge in [-0.2, -0.15) is 0 Å². The number of likely N-dealkylation sites (N-methyl/N-ethyl adjacent to an activating group) is 1. The number of ether oxygens (including phenoxy) is 1. The lowest BCUT2D eigenvalue weighted by atomic mass is 10.1. The minimum absolute atomic E-state index is 0.00346. The fourth-order valence-electron chi connectivity index (χ4n) is 3.15. The Balaban J connectivity index is 1.63. The van der Waals surface area contributed by atoms with Crippen LogP contribution in [0.25, 0.3) is 10.9 Å². The molecule has 2 amide bonds. The van der Waals surface area contributed by atoms with Gasteiger partial charge in [-0.25, -0.2) is 0 Å². The maximum Gasteiger partial charge on any atom is 0.257 e. The summed E-state index contributed by atoms with van der Waals surface area (Å²) in [5, 5.41) is 3.01. The number of aromatic amines is 1. The molecule has 0 unspecified atom stereocenters. The van der Waals surface area contributed by atoms with Crippen molar-refractivity contribution in [2.24, 2.45) is 5.92 Å². The minimum Gasteiger partial charge on any atom is -0.381 e. The quantitative estimate of drug-likeness (QED) is 0.811. The second kappa shape index (κ2) is 8.14. The Bertz CT molecular complexity index is 855. The maximum absolute atomic E-state index is 12.4. The van der Waals surface area contributed by atoms with Gasteiger partial charge in [0.25, 0.3) is 5.91 Å². The van der Waals surface area contributed by atoms with Gasteiger partial charge in [0, 0.05) is 42.7 Å². The molecule has 7 heteroatoms. The van der Waals surface area contributed by atoms with Crippen molar-refractivity contribution < 1.29 is 14.3 Å². The molecule has 0 radical (unpaired) electrons. The van der Waals surface area contributed by atoms with E-state index in [0.717, 1.165) is 13.0 Å². The third kappa shape index (κ3) is 3.94. The zero-order valence-corrected chi connectivity index (χ0v) is 14.8. The Morgan fingerprint density at radius 1 is 1.35 bits per heavy atom. The number of H-pyrrole nitrogens is 1. The van der Waals surface area contributed by atoms with Crippen LogP contribution in [0.15, 0.2) is 35.3 Å². The molecule has 1 aliphatic rings. The molecule has 138 valence electrons. The lowest BCUT2D eigenvalue weighted by Crippen LogP contribution is -2.43. The molecule has 2 heterocycles. The fourth-order valence-corrected chi connectivity index (χ4v) is 3.15. The summed E-state index contributed by atoms with van der Waals surface area (Å²) in [6.45, 7) is 4.38. The van der Waals surface area contributed by atoms with E-state index in [1.54, 1.807) is 23.1 Å². The standard InChI is InChI=1S/C19H23N3O4/c1-2-22(11-13-7-8-26-12-13)17(23)10-21-19(25)15-9-20-16-6-4-3-5-14(16)18(15)24/h3-6,9,13H,2,7-8,10-12H2,1H3,(H,20,24)(H,21,25)/t13-/m1/s1. The number of rotatable bonds is 6. The number of carbonyl (C=O) groups is 2. The van der Waals surface area contributed by atoms with Gasteiger partial charge in [-0.3, -0.25) is 14.4 Å². The number of nitrogens with zero attached hydrogens (tertiary/aromatic N) is 1. The van der Waals surface area contributed by atoms with Crippen molar-refractivity contribution in [1.82, 2.24) is 15.2 Å². The zero-order valence-electron chi connectivity index (χ0n) is 14.8. The van der Waals surface area contributed by atoms with Crippen molar-refractivity contribution in [3.63, 3.8) is 0 Å². The van der Waals surface area contributed by atoms with E-state index in [2.05, 4.69) is 10.3 Å². The predicted molar refractivity (Wildman–Crippen MR) is 98.1 cm³/mol. The van der Waals surface area contributed by atoms with Crippen LogP contribution in [-0.4, -0.2) is 54.5 Å². The third-order valence-electron chi connectivity index (χ3n) is 4.67. The summed E-state index contributed by atoms with van der Waals surface area (Å²) in [6.07, 6.45) is 2.33. The lowest BCUT2D eigenvalue weighted by Gasteiger charge is -2.23. The Morgan fingerprint density at radius 2 is 2.15 bits per heavy atom. The van der Waals surface area contributed by atoms with Crippen molar-refractivity contribution in [1.29, 1.82) is 0 Å². The maximum atomic E-state index is 12.4. The van der Waals surface area contributed by atoms with E-state index < -0.39 is 5.91 Å². The summed E-state index contributed by atoms with van der Waals surface area (Å²) in [4.78, 5) is 41.8. The molecule has 3 rings (SSSR count). The highest BCUT2D eigenvalue weighted by Gasteiger charge is 2.22. The second-order valence-corrected chi connectivity index (χ2v) is 6.42. The molecule has 1 aliphatic heterocycles. The van der Waals surface area contributed by atoms with E-state index in [1.807, 2.05) is 13.0 Å². The molecule has 7 nitrogen and oxygen atoms in total. The van der Waals surface area contributed by atoms with Gasteiger partial charge in [-0.15, -0.1) is 0 Å². The smallest absolute Gasteiger partial charge is 0.257 e. The summed E-state index contributed by atoms with van der Waals surface area (Å²) in [5.74, 6) is -0.367. The van der Waals surface area contributed by atoms with Crippen molar-refractivity contribution in [2.75, 3.05) is 32.8 Å². The molecule has 1 saturated heterocycles. The third-order valence-corrected chi connectivity index (χ3v) is 4.67. The van der Waals surface area contributed by atoms with Crippen LogP contribution >= 0.6 is 0 Å². The first-order valence-corrected chi connectivity index (χ1v) is 8.84. The summed E-state index contributed by atoms with van der Waals surface area (Å²) < 4.78 is 5.34. The number of carbonyl (C=O) groups excluding carboxylic acids is 2. The number of benzene rings is 1. The number of pyridine rings is 1. The number of hydrogen-bond acceptors (Lipinski definition) is 4. The Labute approximate surface area is 151 Å². The SMILES string of the molecule is CCN(C[C@H]1CCOC1)C(=O)CNC(=O)c1c[nH]c2ccccc2c1=O. The lowest BCUT2D eigenvalue weighted by molar-refractivity contribution is -0.130. The average molecular weight is 357 g/mol. The topological polar surface area (TPSA) is 91.5 Å². The van der Waals surface area contributed by atoms with Gasteiger partial charge in [0.15, 0.2) is 0 Å². The van der Waals surface area contributed by atoms with E-state index in [-0.39, 0.29) is 23.4 Å². The molecule has 2 N–H and O–H groups in total. The van der Waals surface area contributed by atoms with Crippen LogP contribution in [-0.2, 0) is 9.53 Å². The molecular formula is C19H23N3O4. The molecule has 0 aliphatic carbocycles. The van der Waals surface area contributed by atoms with Crippen LogP contribution in [0.3, 0.4) is 0 Å². The number of hydrogen-bond donors (Lipinski definition) is 2. The van der Waals surface area contributed by atoms with Gasteiger partial charge in [0.2, 0.25) is 11.3 Å². The number of nitrogens with one attached hydrogen (secondary N) is 2. The van der Waals surface area contributed by atoms with Gasteiger partial charge < -0.3 is 19.9 Å². The zero-order chi connectivity index (χ0) is 18.5. The molecule has 26 heavy (non-hydrogen) atoms. The molecule has 0 saturated carbocycles. The van der Waals surface area contributed by atoms with Crippen LogP contribution in [0.1, 0.15) is 23.7 Å². The molecule has 1 aromatic heterocycles. The monoisotopic (exact) mass is 357 g/mol. The van der Waals surface area contributed by atoms with Crippen molar-refractivity contribution >= 4 is 22.7 Å². The van der Waals surface area contributed by atoms with Crippen molar-refractivity contribution in [3.8, 4) is 0 Å². The predicted octanol–water partition coefficient (Wildman–Crippen LogP) is 1.14. The van der Waals surface area contributed by atoms with Gasteiger partial charge in [-0.05, 0) is 25.5 Å². The Morgan fingerprint density at radius 3 is 2.88 bits per heavy atom. The first kappa shape index (κ1) is 18.1. The Hall–Kier alpha value is -2.67. The molecule has 2 aromatic rings. The molecule has 0 spiro atoms. The van der Waals surface area contributed by atoms with E-state index in [1.165, 1.54) is 6.20 Å². The fraction of sp³-hybridized carbons (Fsp3) is 0.421. The number of para-hydroxylation sites is 1. The Kier molecular flexibility index (Phi) is 5.68. The van der Waals surface area contributed by atoms with E-state index in [9.17, 15) is 14.4 Å².